The van der Waals surface area contributed by atoms with Crippen molar-refractivity contribution in [1.29, 1.82) is 0 Å². The number of hydrogen-bond acceptors (Lipinski definition) is 5. The van der Waals surface area contributed by atoms with Crippen LogP contribution in [-0.4, -0.2) is 26.5 Å². The lowest BCUT2D eigenvalue weighted by Crippen LogP contribution is -2.24. The van der Waals surface area contributed by atoms with Gasteiger partial charge in [0.2, 0.25) is 0 Å². The van der Waals surface area contributed by atoms with Gasteiger partial charge in [0.15, 0.2) is 0 Å². The molecule has 0 spiro atoms. The van der Waals surface area contributed by atoms with Crippen LogP contribution in [0.1, 0.15) is 30.3 Å². The standard InChI is InChI=1S/C18H17N5S/c1-11-9-24-18-15(11)17(19-10-20-18)23-8-4-7-14(23)16-21-12-5-2-3-6-13(12)22-16/h2-3,5-6,9-10,14H,4,7-8H2,1H3,(H,21,22). The maximum Gasteiger partial charge on any atom is 0.141 e. The largest absolute Gasteiger partial charge is 0.346 e. The Labute approximate surface area is 143 Å². The van der Waals surface area contributed by atoms with E-state index in [1.807, 2.05) is 12.1 Å². The van der Waals surface area contributed by atoms with Crippen LogP contribution in [0.4, 0.5) is 5.82 Å². The van der Waals surface area contributed by atoms with Crippen LogP contribution in [0.25, 0.3) is 21.3 Å². The van der Waals surface area contributed by atoms with Crippen molar-refractivity contribution in [3.63, 3.8) is 0 Å². The highest BCUT2D eigenvalue weighted by Crippen LogP contribution is 2.39. The topological polar surface area (TPSA) is 57.7 Å². The Morgan fingerprint density at radius 2 is 2.17 bits per heavy atom. The quantitative estimate of drug-likeness (QED) is 0.596. The molecule has 1 fully saturated rings. The molecular weight excluding hydrogens is 318 g/mol. The lowest BCUT2D eigenvalue weighted by molar-refractivity contribution is 0.674. The molecule has 1 saturated heterocycles. The van der Waals surface area contributed by atoms with E-state index in [0.717, 1.165) is 46.9 Å². The first-order valence-corrected chi connectivity index (χ1v) is 9.09. The number of rotatable bonds is 2. The molecule has 1 aromatic carbocycles. The molecule has 1 aliphatic heterocycles. The van der Waals surface area contributed by atoms with E-state index in [4.69, 9.17) is 4.98 Å². The van der Waals surface area contributed by atoms with Gasteiger partial charge in [-0.1, -0.05) is 12.1 Å². The zero-order chi connectivity index (χ0) is 16.1. The summed E-state index contributed by atoms with van der Waals surface area (Å²) in [6.45, 7) is 3.14. The van der Waals surface area contributed by atoms with Gasteiger partial charge in [-0.05, 0) is 42.8 Å². The summed E-state index contributed by atoms with van der Waals surface area (Å²) >= 11 is 1.69. The monoisotopic (exact) mass is 335 g/mol. The molecule has 1 N–H and O–H groups in total. The normalized spacial score (nSPS) is 18.0. The molecule has 0 radical (unpaired) electrons. The van der Waals surface area contributed by atoms with E-state index in [2.05, 4.69) is 44.3 Å². The Morgan fingerprint density at radius 1 is 1.25 bits per heavy atom. The number of nitrogens with zero attached hydrogens (tertiary/aromatic N) is 4. The number of imidazole rings is 1. The van der Waals surface area contributed by atoms with Gasteiger partial charge in [0.25, 0.3) is 0 Å². The van der Waals surface area contributed by atoms with E-state index in [0.29, 0.717) is 0 Å². The zero-order valence-electron chi connectivity index (χ0n) is 13.4. The number of thiophene rings is 1. The summed E-state index contributed by atoms with van der Waals surface area (Å²) in [5, 5.41) is 3.35. The number of aromatic nitrogens is 4. The van der Waals surface area contributed by atoms with Crippen molar-refractivity contribution in [2.45, 2.75) is 25.8 Å². The first kappa shape index (κ1) is 13.9. The van der Waals surface area contributed by atoms with Crippen molar-refractivity contribution in [2.24, 2.45) is 0 Å². The number of anilines is 1. The second-order valence-corrected chi connectivity index (χ2v) is 7.14. The van der Waals surface area contributed by atoms with E-state index >= 15 is 0 Å². The van der Waals surface area contributed by atoms with Crippen molar-refractivity contribution < 1.29 is 0 Å². The fourth-order valence-electron chi connectivity index (χ4n) is 3.65. The number of aromatic amines is 1. The Morgan fingerprint density at radius 3 is 3.08 bits per heavy atom. The van der Waals surface area contributed by atoms with Crippen LogP contribution in [0.3, 0.4) is 0 Å². The minimum Gasteiger partial charge on any atom is -0.346 e. The molecule has 24 heavy (non-hydrogen) atoms. The van der Waals surface area contributed by atoms with Crippen molar-refractivity contribution in [3.05, 3.63) is 47.4 Å². The van der Waals surface area contributed by atoms with Gasteiger partial charge in [-0.25, -0.2) is 15.0 Å². The third-order valence-corrected chi connectivity index (χ3v) is 5.79. The van der Waals surface area contributed by atoms with Crippen molar-refractivity contribution in [2.75, 3.05) is 11.4 Å². The minimum atomic E-state index is 0.245. The van der Waals surface area contributed by atoms with E-state index < -0.39 is 0 Å². The SMILES string of the molecule is Cc1csc2ncnc(N3CCCC3c3nc4ccccc4[nH]3)c12. The first-order chi connectivity index (χ1) is 11.8. The highest BCUT2D eigenvalue weighted by atomic mass is 32.1. The van der Waals surface area contributed by atoms with Gasteiger partial charge in [-0.15, -0.1) is 11.3 Å². The van der Waals surface area contributed by atoms with Gasteiger partial charge in [0.05, 0.1) is 22.5 Å². The maximum atomic E-state index is 4.82. The highest BCUT2D eigenvalue weighted by molar-refractivity contribution is 7.17. The number of benzene rings is 1. The Bertz CT molecular complexity index is 1000. The summed E-state index contributed by atoms with van der Waals surface area (Å²) in [7, 11) is 0. The molecule has 5 nitrogen and oxygen atoms in total. The van der Waals surface area contributed by atoms with E-state index in [1.165, 1.54) is 10.9 Å². The van der Waals surface area contributed by atoms with Crippen molar-refractivity contribution in [1.82, 2.24) is 19.9 Å². The number of nitrogens with one attached hydrogen (secondary N) is 1. The molecule has 4 heterocycles. The number of H-pyrrole nitrogens is 1. The highest BCUT2D eigenvalue weighted by Gasteiger charge is 2.31. The number of fused-ring (bicyclic) bond motifs is 2. The molecule has 4 aromatic rings. The molecule has 0 saturated carbocycles. The molecule has 120 valence electrons. The number of aryl methyl sites for hydroxylation is 1. The summed E-state index contributed by atoms with van der Waals surface area (Å²) in [6.07, 6.45) is 3.92. The zero-order valence-corrected chi connectivity index (χ0v) is 14.2. The minimum absolute atomic E-state index is 0.245. The smallest absolute Gasteiger partial charge is 0.141 e. The Balaban J connectivity index is 1.63. The van der Waals surface area contributed by atoms with E-state index in [1.54, 1.807) is 17.7 Å². The van der Waals surface area contributed by atoms with Crippen molar-refractivity contribution >= 4 is 38.4 Å². The van der Waals surface area contributed by atoms with Crippen LogP contribution in [0.5, 0.6) is 0 Å². The van der Waals surface area contributed by atoms with Gasteiger partial charge in [-0.2, -0.15) is 0 Å². The third-order valence-electron chi connectivity index (χ3n) is 4.78. The average molecular weight is 335 g/mol. The van der Waals surface area contributed by atoms with Gasteiger partial charge in [-0.3, -0.25) is 0 Å². The molecule has 6 heteroatoms. The van der Waals surface area contributed by atoms with Crippen LogP contribution in [-0.2, 0) is 0 Å². The van der Waals surface area contributed by atoms with Gasteiger partial charge in [0, 0.05) is 6.54 Å². The summed E-state index contributed by atoms with van der Waals surface area (Å²) in [4.78, 5) is 20.8. The van der Waals surface area contributed by atoms with E-state index in [-0.39, 0.29) is 6.04 Å². The lowest BCUT2D eigenvalue weighted by Gasteiger charge is -2.25. The van der Waals surface area contributed by atoms with Gasteiger partial charge >= 0.3 is 0 Å². The molecule has 1 aliphatic rings. The third kappa shape index (κ3) is 2.03. The van der Waals surface area contributed by atoms with Crippen LogP contribution >= 0.6 is 11.3 Å². The predicted octanol–water partition coefficient (Wildman–Crippen LogP) is 4.22. The summed E-state index contributed by atoms with van der Waals surface area (Å²) in [5.41, 5.74) is 3.37. The fraction of sp³-hybridized carbons (Fsp3) is 0.278. The van der Waals surface area contributed by atoms with E-state index in [9.17, 15) is 0 Å². The second-order valence-electron chi connectivity index (χ2n) is 6.29. The number of hydrogen-bond donors (Lipinski definition) is 1. The molecule has 0 bridgehead atoms. The predicted molar refractivity (Wildman–Crippen MR) is 97.6 cm³/mol. The van der Waals surface area contributed by atoms with Gasteiger partial charge < -0.3 is 9.88 Å². The average Bonchev–Trinajstić information content (AvgIpc) is 3.32. The summed E-state index contributed by atoms with van der Waals surface area (Å²) in [5.74, 6) is 2.08. The first-order valence-electron chi connectivity index (χ1n) is 8.21. The summed E-state index contributed by atoms with van der Waals surface area (Å²) in [6, 6.07) is 8.45. The van der Waals surface area contributed by atoms with Crippen LogP contribution in [0.15, 0.2) is 36.0 Å². The maximum absolute atomic E-state index is 4.82. The molecule has 0 amide bonds. The van der Waals surface area contributed by atoms with Crippen LogP contribution in [0, 0.1) is 6.92 Å². The molecule has 1 unspecified atom stereocenters. The molecule has 5 rings (SSSR count). The lowest BCUT2D eigenvalue weighted by atomic mass is 10.2. The molecule has 3 aromatic heterocycles. The Hall–Kier alpha value is -2.47. The molecule has 0 aliphatic carbocycles. The molecular formula is C18H17N5S. The second kappa shape index (κ2) is 5.27. The van der Waals surface area contributed by atoms with Gasteiger partial charge in [0.1, 0.15) is 22.8 Å². The van der Waals surface area contributed by atoms with Crippen molar-refractivity contribution in [3.8, 4) is 0 Å². The summed E-state index contributed by atoms with van der Waals surface area (Å²) < 4.78 is 0. The number of para-hydroxylation sites is 2. The van der Waals surface area contributed by atoms with Crippen LogP contribution < -0.4 is 4.90 Å². The Kier molecular flexibility index (Phi) is 3.06. The molecule has 1 atom stereocenters. The van der Waals surface area contributed by atoms with Crippen LogP contribution in [0.2, 0.25) is 0 Å². The fourth-order valence-corrected chi connectivity index (χ4v) is 4.54.